The summed E-state index contributed by atoms with van der Waals surface area (Å²) in [5, 5.41) is 31.2. The van der Waals surface area contributed by atoms with E-state index in [2.05, 4.69) is 0 Å². The van der Waals surface area contributed by atoms with Gasteiger partial charge in [0.2, 0.25) is 11.6 Å². The number of carbonyl (C=O) groups excluding carboxylic acids is 2. The maximum atomic E-state index is 13.1. The number of phenolic OH excluding ortho intramolecular Hbond substituents is 3. The Bertz CT molecular complexity index is 1570. The number of phenols is 3. The van der Waals surface area contributed by atoms with E-state index in [1.54, 1.807) is 30.3 Å². The van der Waals surface area contributed by atoms with E-state index in [9.17, 15) is 24.9 Å². The summed E-state index contributed by atoms with van der Waals surface area (Å²) in [5.41, 5.74) is 3.27. The van der Waals surface area contributed by atoms with E-state index in [1.165, 1.54) is 12.1 Å². The molecule has 4 aromatic carbocycles. The first kappa shape index (κ1) is 30.0. The molecule has 4 rings (SSSR count). The Kier molecular flexibility index (Phi) is 9.70. The minimum atomic E-state index is -0.460. The lowest BCUT2D eigenvalue weighted by atomic mass is 10.0. The second kappa shape index (κ2) is 13.6. The number of carbonyl (C=O) groups is 2. The third-order valence-corrected chi connectivity index (χ3v) is 6.74. The molecule has 0 amide bonds. The lowest BCUT2D eigenvalue weighted by Gasteiger charge is -2.15. The first-order chi connectivity index (χ1) is 20.1. The van der Waals surface area contributed by atoms with Gasteiger partial charge in [0.25, 0.3) is 0 Å². The molecule has 42 heavy (non-hydrogen) atoms. The molecule has 0 aliphatic heterocycles. The summed E-state index contributed by atoms with van der Waals surface area (Å²) >= 11 is 0. The van der Waals surface area contributed by atoms with E-state index in [-0.39, 0.29) is 66.1 Å². The number of hydrogen-bond donors (Lipinski definition) is 3. The molecule has 0 heterocycles. The Labute approximate surface area is 244 Å². The lowest BCUT2D eigenvalue weighted by molar-refractivity contribution is 0.0910. The SMILES string of the molecule is CCc1cc(C(=O)COc2ccc(C)cc2)c(OCCc2cc(C(=O)COc3cccc(C)c3)c(O)cc2O)cc1O. The van der Waals surface area contributed by atoms with Crippen LogP contribution >= 0.6 is 0 Å². The van der Waals surface area contributed by atoms with Gasteiger partial charge in [0.1, 0.15) is 34.5 Å². The summed E-state index contributed by atoms with van der Waals surface area (Å²) < 4.78 is 17.1. The van der Waals surface area contributed by atoms with Gasteiger partial charge in [-0.25, -0.2) is 0 Å². The fourth-order valence-electron chi connectivity index (χ4n) is 4.34. The molecule has 0 aliphatic carbocycles. The molecular weight excluding hydrogens is 536 g/mol. The van der Waals surface area contributed by atoms with Crippen LogP contribution in [-0.2, 0) is 12.8 Å². The molecule has 0 fully saturated rings. The van der Waals surface area contributed by atoms with Crippen LogP contribution in [0.1, 0.15) is 49.9 Å². The fourth-order valence-corrected chi connectivity index (χ4v) is 4.34. The number of aromatic hydroxyl groups is 3. The summed E-state index contributed by atoms with van der Waals surface area (Å²) in [6, 6.07) is 20.1. The second-order valence-corrected chi connectivity index (χ2v) is 9.98. The van der Waals surface area contributed by atoms with E-state index in [0.29, 0.717) is 29.0 Å². The van der Waals surface area contributed by atoms with Crippen molar-refractivity contribution < 1.29 is 39.1 Å². The monoisotopic (exact) mass is 570 g/mol. The fraction of sp³-hybridized carbons (Fsp3) is 0.235. The Morgan fingerprint density at radius 1 is 0.643 bits per heavy atom. The Morgan fingerprint density at radius 3 is 1.98 bits per heavy atom. The summed E-state index contributed by atoms with van der Waals surface area (Å²) in [5.74, 6) is -0.103. The van der Waals surface area contributed by atoms with Crippen LogP contribution in [0.5, 0.6) is 34.5 Å². The van der Waals surface area contributed by atoms with Crippen molar-refractivity contribution in [3.05, 3.63) is 106 Å². The zero-order valence-corrected chi connectivity index (χ0v) is 23.8. The highest BCUT2D eigenvalue weighted by Gasteiger charge is 2.19. The summed E-state index contributed by atoms with van der Waals surface area (Å²) in [6.45, 7) is 5.23. The van der Waals surface area contributed by atoms with Gasteiger partial charge in [0.05, 0.1) is 17.7 Å². The normalized spacial score (nSPS) is 10.7. The van der Waals surface area contributed by atoms with Crippen molar-refractivity contribution in [2.24, 2.45) is 0 Å². The Hall–Kier alpha value is -4.98. The first-order valence-electron chi connectivity index (χ1n) is 13.6. The number of rotatable bonds is 13. The smallest absolute Gasteiger partial charge is 0.203 e. The van der Waals surface area contributed by atoms with Gasteiger partial charge in [0, 0.05) is 18.6 Å². The number of ketones is 2. The minimum Gasteiger partial charge on any atom is -0.508 e. The van der Waals surface area contributed by atoms with Crippen molar-refractivity contribution in [2.75, 3.05) is 19.8 Å². The number of Topliss-reactive ketones (excluding diaryl/α,β-unsaturated/α-hetero) is 2. The van der Waals surface area contributed by atoms with Crippen molar-refractivity contribution in [2.45, 2.75) is 33.6 Å². The molecule has 0 bridgehead atoms. The molecule has 0 atom stereocenters. The average molecular weight is 571 g/mol. The van der Waals surface area contributed by atoms with Crippen LogP contribution in [0.3, 0.4) is 0 Å². The molecule has 0 unspecified atom stereocenters. The van der Waals surface area contributed by atoms with Crippen LogP contribution in [0, 0.1) is 13.8 Å². The molecule has 0 spiro atoms. The molecule has 0 aliphatic rings. The second-order valence-electron chi connectivity index (χ2n) is 9.98. The highest BCUT2D eigenvalue weighted by atomic mass is 16.5. The maximum absolute atomic E-state index is 13.1. The van der Waals surface area contributed by atoms with Gasteiger partial charge in [-0.05, 0) is 73.4 Å². The van der Waals surface area contributed by atoms with Crippen molar-refractivity contribution in [3.8, 4) is 34.5 Å². The number of ether oxygens (including phenoxy) is 3. The van der Waals surface area contributed by atoms with Crippen molar-refractivity contribution in [1.29, 1.82) is 0 Å². The van der Waals surface area contributed by atoms with Crippen LogP contribution in [0.4, 0.5) is 0 Å². The minimum absolute atomic E-state index is 0.00234. The molecular formula is C34H34O8. The molecule has 8 heteroatoms. The highest BCUT2D eigenvalue weighted by molar-refractivity contribution is 6.00. The summed E-state index contributed by atoms with van der Waals surface area (Å²) in [7, 11) is 0. The van der Waals surface area contributed by atoms with Crippen LogP contribution in [0.25, 0.3) is 0 Å². The van der Waals surface area contributed by atoms with Gasteiger partial charge in [-0.2, -0.15) is 0 Å². The zero-order chi connectivity index (χ0) is 30.2. The molecule has 4 aromatic rings. The van der Waals surface area contributed by atoms with Crippen LogP contribution in [0.15, 0.2) is 72.8 Å². The Balaban J connectivity index is 1.45. The van der Waals surface area contributed by atoms with E-state index in [4.69, 9.17) is 14.2 Å². The van der Waals surface area contributed by atoms with E-state index in [1.807, 2.05) is 45.0 Å². The van der Waals surface area contributed by atoms with Crippen LogP contribution in [0.2, 0.25) is 0 Å². The van der Waals surface area contributed by atoms with E-state index < -0.39 is 5.78 Å². The molecule has 3 N–H and O–H groups in total. The maximum Gasteiger partial charge on any atom is 0.203 e. The lowest BCUT2D eigenvalue weighted by Crippen LogP contribution is -2.15. The summed E-state index contributed by atoms with van der Waals surface area (Å²) in [6.07, 6.45) is 0.659. The van der Waals surface area contributed by atoms with Gasteiger partial charge in [-0.3, -0.25) is 9.59 Å². The number of hydrogen-bond acceptors (Lipinski definition) is 8. The largest absolute Gasteiger partial charge is 0.508 e. The van der Waals surface area contributed by atoms with Gasteiger partial charge >= 0.3 is 0 Å². The average Bonchev–Trinajstić information content (AvgIpc) is 2.96. The summed E-state index contributed by atoms with van der Waals surface area (Å²) in [4.78, 5) is 25.9. The molecule has 0 radical (unpaired) electrons. The van der Waals surface area contributed by atoms with Gasteiger partial charge in [0.15, 0.2) is 13.2 Å². The van der Waals surface area contributed by atoms with E-state index >= 15 is 0 Å². The van der Waals surface area contributed by atoms with Crippen LogP contribution in [-0.4, -0.2) is 46.7 Å². The van der Waals surface area contributed by atoms with Gasteiger partial charge in [-0.15, -0.1) is 0 Å². The molecule has 8 nitrogen and oxygen atoms in total. The standard InChI is InChI=1S/C34H34O8/c1-4-23-15-28(33(39)20-41-25-10-8-21(2)9-11-25)34(18-30(23)36)40-13-12-24-16-27(31(37)17-29(24)35)32(38)19-42-26-7-5-6-22(3)14-26/h5-11,14-18,35-37H,4,12-13,19-20H2,1-3H3. The topological polar surface area (TPSA) is 123 Å². The zero-order valence-electron chi connectivity index (χ0n) is 23.8. The first-order valence-corrected chi connectivity index (χ1v) is 13.6. The predicted octanol–water partition coefficient (Wildman–Crippen LogP) is 6.13. The van der Waals surface area contributed by atoms with Crippen molar-refractivity contribution in [3.63, 3.8) is 0 Å². The van der Waals surface area contributed by atoms with Gasteiger partial charge < -0.3 is 29.5 Å². The van der Waals surface area contributed by atoms with E-state index in [0.717, 1.165) is 17.2 Å². The van der Waals surface area contributed by atoms with Crippen molar-refractivity contribution >= 4 is 11.6 Å². The number of benzene rings is 4. The molecule has 0 aromatic heterocycles. The third kappa shape index (κ3) is 7.60. The molecule has 218 valence electrons. The highest BCUT2D eigenvalue weighted by Crippen LogP contribution is 2.31. The van der Waals surface area contributed by atoms with Gasteiger partial charge in [-0.1, -0.05) is 36.8 Å². The van der Waals surface area contributed by atoms with Crippen molar-refractivity contribution in [1.82, 2.24) is 0 Å². The third-order valence-electron chi connectivity index (χ3n) is 6.74. The molecule has 0 saturated heterocycles. The van der Waals surface area contributed by atoms with Crippen LogP contribution < -0.4 is 14.2 Å². The Morgan fingerprint density at radius 2 is 1.29 bits per heavy atom. The number of aryl methyl sites for hydroxylation is 3. The predicted molar refractivity (Wildman–Crippen MR) is 158 cm³/mol. The molecule has 0 saturated carbocycles. The quantitative estimate of drug-likeness (QED) is 0.164.